The lowest BCUT2D eigenvalue weighted by Crippen LogP contribution is -2.38. The van der Waals surface area contributed by atoms with Crippen LogP contribution in [0, 0.1) is 6.92 Å². The number of hydrogen-bond donors (Lipinski definition) is 1. The molecule has 28 heavy (non-hydrogen) atoms. The van der Waals surface area contributed by atoms with Gasteiger partial charge in [0, 0.05) is 18.2 Å². The molecule has 1 N–H and O–H groups in total. The van der Waals surface area contributed by atoms with E-state index in [1.165, 1.54) is 0 Å². The zero-order valence-corrected chi connectivity index (χ0v) is 16.4. The first-order chi connectivity index (χ1) is 13.7. The standard InChI is InChI=1S/C20H21N5O2S/c1-12-20(22-16-5-3-2-4-15(16)21-12)23-17-9-27-10-18(17)25-19(26)8-13-11-28-7-6-14(13)24-25/h2-5,8,17-18H,6-7,9-11H2,1H3,(H,22,23). The second-order valence-electron chi connectivity index (χ2n) is 7.20. The first-order valence-corrected chi connectivity index (χ1v) is 10.6. The van der Waals surface area contributed by atoms with Gasteiger partial charge >= 0.3 is 0 Å². The summed E-state index contributed by atoms with van der Waals surface area (Å²) in [6.45, 7) is 2.89. The van der Waals surface area contributed by atoms with Gasteiger partial charge < -0.3 is 10.1 Å². The zero-order chi connectivity index (χ0) is 19.1. The molecule has 2 aliphatic heterocycles. The summed E-state index contributed by atoms with van der Waals surface area (Å²) in [5.41, 5.74) is 4.57. The number of ether oxygens (including phenoxy) is 1. The van der Waals surface area contributed by atoms with Crippen molar-refractivity contribution in [1.29, 1.82) is 0 Å². The maximum atomic E-state index is 12.7. The third-order valence-corrected chi connectivity index (χ3v) is 6.30. The summed E-state index contributed by atoms with van der Waals surface area (Å²) in [5.74, 6) is 2.64. The summed E-state index contributed by atoms with van der Waals surface area (Å²) in [5, 5.41) is 8.15. The first kappa shape index (κ1) is 17.6. The summed E-state index contributed by atoms with van der Waals surface area (Å²) in [6, 6.07) is 9.29. The number of aromatic nitrogens is 4. The van der Waals surface area contributed by atoms with Crippen LogP contribution in [0.3, 0.4) is 0 Å². The Hall–Kier alpha value is -2.45. The van der Waals surface area contributed by atoms with Gasteiger partial charge in [-0.05, 0) is 30.4 Å². The van der Waals surface area contributed by atoms with E-state index in [4.69, 9.17) is 14.8 Å². The Bertz CT molecular complexity index is 1100. The lowest BCUT2D eigenvalue weighted by molar-refractivity contribution is 0.182. The molecule has 0 amide bonds. The van der Waals surface area contributed by atoms with Gasteiger partial charge in [-0.1, -0.05) is 12.1 Å². The van der Waals surface area contributed by atoms with Crippen molar-refractivity contribution < 1.29 is 4.74 Å². The largest absolute Gasteiger partial charge is 0.377 e. The van der Waals surface area contributed by atoms with E-state index in [1.54, 1.807) is 10.7 Å². The highest BCUT2D eigenvalue weighted by Crippen LogP contribution is 2.26. The second kappa shape index (κ2) is 7.18. The van der Waals surface area contributed by atoms with E-state index >= 15 is 0 Å². The van der Waals surface area contributed by atoms with Crippen molar-refractivity contribution in [3.63, 3.8) is 0 Å². The highest BCUT2D eigenvalue weighted by molar-refractivity contribution is 7.98. The third-order valence-electron chi connectivity index (χ3n) is 5.29. The van der Waals surface area contributed by atoms with Crippen LogP contribution >= 0.6 is 11.8 Å². The van der Waals surface area contributed by atoms with E-state index in [0.29, 0.717) is 13.2 Å². The van der Waals surface area contributed by atoms with Gasteiger partial charge in [-0.15, -0.1) is 0 Å². The summed E-state index contributed by atoms with van der Waals surface area (Å²) >= 11 is 1.85. The van der Waals surface area contributed by atoms with Crippen molar-refractivity contribution in [3.05, 3.63) is 57.6 Å². The number of hydrogen-bond acceptors (Lipinski definition) is 7. The van der Waals surface area contributed by atoms with Gasteiger partial charge in [0.25, 0.3) is 5.56 Å². The number of rotatable bonds is 3. The average molecular weight is 395 g/mol. The number of para-hydroxylation sites is 2. The van der Waals surface area contributed by atoms with E-state index in [-0.39, 0.29) is 17.6 Å². The molecule has 4 heterocycles. The van der Waals surface area contributed by atoms with Gasteiger partial charge in [-0.3, -0.25) is 4.79 Å². The predicted molar refractivity (Wildman–Crippen MR) is 110 cm³/mol. The lowest BCUT2D eigenvalue weighted by atomic mass is 10.1. The Morgan fingerprint density at radius 2 is 2.04 bits per heavy atom. The fourth-order valence-electron chi connectivity index (χ4n) is 3.79. The van der Waals surface area contributed by atoms with Crippen LogP contribution in [-0.2, 0) is 16.9 Å². The first-order valence-electron chi connectivity index (χ1n) is 9.46. The molecule has 1 aromatic carbocycles. The number of anilines is 1. The normalized spacial score (nSPS) is 21.6. The van der Waals surface area contributed by atoms with Crippen molar-refractivity contribution in [3.8, 4) is 0 Å². The number of nitrogens with zero attached hydrogens (tertiary/aromatic N) is 4. The lowest BCUT2D eigenvalue weighted by Gasteiger charge is -2.23. The molecule has 3 aromatic rings. The van der Waals surface area contributed by atoms with Gasteiger partial charge in [0.1, 0.15) is 11.9 Å². The molecule has 2 unspecified atom stereocenters. The van der Waals surface area contributed by atoms with Gasteiger partial charge in [0.15, 0.2) is 0 Å². The number of thioether (sulfide) groups is 1. The summed E-state index contributed by atoms with van der Waals surface area (Å²) in [4.78, 5) is 22.1. The molecule has 5 rings (SSSR count). The monoisotopic (exact) mass is 395 g/mol. The smallest absolute Gasteiger partial charge is 0.267 e. The van der Waals surface area contributed by atoms with Gasteiger partial charge in [-0.25, -0.2) is 14.6 Å². The molecule has 1 fully saturated rings. The third kappa shape index (κ3) is 3.16. The molecule has 0 bridgehead atoms. The highest BCUT2D eigenvalue weighted by atomic mass is 32.2. The molecule has 2 aromatic heterocycles. The molecular weight excluding hydrogens is 374 g/mol. The Balaban J connectivity index is 1.47. The van der Waals surface area contributed by atoms with Crippen LogP contribution < -0.4 is 10.9 Å². The fourth-order valence-corrected chi connectivity index (χ4v) is 4.74. The summed E-state index contributed by atoms with van der Waals surface area (Å²) in [7, 11) is 0. The molecule has 2 atom stereocenters. The number of aryl methyl sites for hydroxylation is 2. The molecule has 0 aliphatic carbocycles. The van der Waals surface area contributed by atoms with Crippen LogP contribution in [0.1, 0.15) is 23.0 Å². The van der Waals surface area contributed by atoms with Gasteiger partial charge in [-0.2, -0.15) is 16.9 Å². The quantitative estimate of drug-likeness (QED) is 0.729. The maximum absolute atomic E-state index is 12.7. The minimum absolute atomic E-state index is 0.0649. The molecule has 0 spiro atoms. The molecule has 0 saturated carbocycles. The SMILES string of the molecule is Cc1nc2ccccc2nc1NC1COCC1n1nc2c(cc1=O)CSCC2. The molecule has 144 valence electrons. The van der Waals surface area contributed by atoms with E-state index < -0.39 is 0 Å². The Morgan fingerprint density at radius 1 is 1.21 bits per heavy atom. The van der Waals surface area contributed by atoms with Crippen molar-refractivity contribution in [2.45, 2.75) is 31.2 Å². The Morgan fingerprint density at radius 3 is 2.89 bits per heavy atom. The van der Waals surface area contributed by atoms with E-state index in [9.17, 15) is 4.79 Å². The van der Waals surface area contributed by atoms with E-state index in [2.05, 4.69) is 10.3 Å². The van der Waals surface area contributed by atoms with Crippen molar-refractivity contribution in [2.75, 3.05) is 24.3 Å². The minimum atomic E-state index is -0.167. The molecule has 0 radical (unpaired) electrons. The van der Waals surface area contributed by atoms with Crippen LogP contribution in [0.4, 0.5) is 5.82 Å². The molecular formula is C20H21N5O2S. The molecule has 1 saturated heterocycles. The average Bonchev–Trinajstić information content (AvgIpc) is 3.16. The highest BCUT2D eigenvalue weighted by Gasteiger charge is 2.33. The predicted octanol–water partition coefficient (Wildman–Crippen LogP) is 2.34. The van der Waals surface area contributed by atoms with Crippen LogP contribution in [0.15, 0.2) is 35.1 Å². The van der Waals surface area contributed by atoms with Crippen molar-refractivity contribution in [1.82, 2.24) is 19.7 Å². The van der Waals surface area contributed by atoms with Crippen LogP contribution in [0.25, 0.3) is 11.0 Å². The molecule has 7 nitrogen and oxygen atoms in total. The molecule has 2 aliphatic rings. The van der Waals surface area contributed by atoms with E-state index in [0.717, 1.165) is 51.7 Å². The Labute approximate surface area is 166 Å². The number of nitrogens with one attached hydrogen (secondary N) is 1. The van der Waals surface area contributed by atoms with E-state index in [1.807, 2.05) is 43.0 Å². The topological polar surface area (TPSA) is 81.9 Å². The summed E-state index contributed by atoms with van der Waals surface area (Å²) < 4.78 is 7.31. The summed E-state index contributed by atoms with van der Waals surface area (Å²) in [6.07, 6.45) is 0.904. The molecule has 8 heteroatoms. The number of benzene rings is 1. The van der Waals surface area contributed by atoms with Crippen LogP contribution in [0.5, 0.6) is 0 Å². The van der Waals surface area contributed by atoms with Crippen molar-refractivity contribution in [2.24, 2.45) is 0 Å². The van der Waals surface area contributed by atoms with Crippen LogP contribution in [-0.4, -0.2) is 44.8 Å². The fraction of sp³-hybridized carbons (Fsp3) is 0.400. The zero-order valence-electron chi connectivity index (χ0n) is 15.6. The maximum Gasteiger partial charge on any atom is 0.267 e. The van der Waals surface area contributed by atoms with Gasteiger partial charge in [0.2, 0.25) is 0 Å². The van der Waals surface area contributed by atoms with Crippen LogP contribution in [0.2, 0.25) is 0 Å². The van der Waals surface area contributed by atoms with Crippen molar-refractivity contribution >= 4 is 28.6 Å². The second-order valence-corrected chi connectivity index (χ2v) is 8.31. The Kier molecular flexibility index (Phi) is 4.52. The number of fused-ring (bicyclic) bond motifs is 2. The van der Waals surface area contributed by atoms with Gasteiger partial charge in [0.05, 0.1) is 41.7 Å². The minimum Gasteiger partial charge on any atom is -0.377 e.